The minimum absolute atomic E-state index is 0.113. The average Bonchev–Trinajstić information content (AvgIpc) is 2.68. The fourth-order valence-electron chi connectivity index (χ4n) is 1.96. The number of hydrogen-bond acceptors (Lipinski definition) is 2. The number of fused-ring (bicyclic) bond motifs is 1. The summed E-state index contributed by atoms with van der Waals surface area (Å²) in [6.07, 6.45) is 1.71. The number of aromatic nitrogens is 3. The van der Waals surface area contributed by atoms with Crippen molar-refractivity contribution in [3.63, 3.8) is 0 Å². The highest BCUT2D eigenvalue weighted by atomic mass is 16.1. The minimum Gasteiger partial charge on any atom is -0.267 e. The lowest BCUT2D eigenvalue weighted by Gasteiger charge is -1.99. The molecule has 4 nitrogen and oxygen atoms in total. The zero-order chi connectivity index (χ0) is 11.8. The van der Waals surface area contributed by atoms with Gasteiger partial charge in [-0.25, -0.2) is 9.50 Å². The summed E-state index contributed by atoms with van der Waals surface area (Å²) in [7, 11) is 0. The van der Waals surface area contributed by atoms with Gasteiger partial charge in [-0.05, 0) is 18.6 Å². The molecule has 3 aromatic rings. The molecule has 0 radical (unpaired) electrons. The number of H-pyrrole nitrogens is 1. The van der Waals surface area contributed by atoms with Crippen LogP contribution in [-0.2, 0) is 0 Å². The van der Waals surface area contributed by atoms with Crippen molar-refractivity contribution >= 4 is 5.65 Å². The fraction of sp³-hybridized carbons (Fsp3) is 0.0769. The molecule has 84 valence electrons. The van der Waals surface area contributed by atoms with Gasteiger partial charge in [-0.3, -0.25) is 9.89 Å². The van der Waals surface area contributed by atoms with Crippen molar-refractivity contribution in [1.29, 1.82) is 0 Å². The zero-order valence-corrected chi connectivity index (χ0v) is 9.34. The molecule has 0 aliphatic carbocycles. The van der Waals surface area contributed by atoms with Crippen LogP contribution < -0.4 is 5.56 Å². The van der Waals surface area contributed by atoms with Crippen LogP contribution in [0.5, 0.6) is 0 Å². The lowest BCUT2D eigenvalue weighted by molar-refractivity contribution is 0.879. The normalized spacial score (nSPS) is 10.9. The lowest BCUT2D eigenvalue weighted by Crippen LogP contribution is -2.03. The molecule has 1 N–H and O–H groups in total. The molecule has 0 amide bonds. The highest BCUT2D eigenvalue weighted by Crippen LogP contribution is 2.19. The Balaban J connectivity index is 2.42. The van der Waals surface area contributed by atoms with Crippen LogP contribution in [0.1, 0.15) is 5.69 Å². The van der Waals surface area contributed by atoms with E-state index in [2.05, 4.69) is 10.1 Å². The van der Waals surface area contributed by atoms with E-state index in [-0.39, 0.29) is 5.56 Å². The van der Waals surface area contributed by atoms with E-state index in [1.54, 1.807) is 10.7 Å². The van der Waals surface area contributed by atoms with Gasteiger partial charge in [0.1, 0.15) is 0 Å². The van der Waals surface area contributed by atoms with Gasteiger partial charge in [0.15, 0.2) is 5.65 Å². The first-order valence-corrected chi connectivity index (χ1v) is 5.39. The number of hydrogen-bond donors (Lipinski definition) is 1. The SMILES string of the molecule is Cc1ccnc2c(-c3ccccc3)c(=O)[nH]n12. The van der Waals surface area contributed by atoms with E-state index in [9.17, 15) is 4.79 Å². The zero-order valence-electron chi connectivity index (χ0n) is 9.34. The molecule has 0 bridgehead atoms. The third-order valence-electron chi connectivity index (χ3n) is 2.80. The maximum absolute atomic E-state index is 12.0. The number of nitrogens with zero attached hydrogens (tertiary/aromatic N) is 2. The predicted molar refractivity (Wildman–Crippen MR) is 66.0 cm³/mol. The second-order valence-corrected chi connectivity index (χ2v) is 3.93. The van der Waals surface area contributed by atoms with Crippen LogP contribution in [-0.4, -0.2) is 14.6 Å². The molecule has 4 heteroatoms. The predicted octanol–water partition coefficient (Wildman–Crippen LogP) is 2.00. The highest BCUT2D eigenvalue weighted by molar-refractivity contribution is 5.76. The van der Waals surface area contributed by atoms with Crippen LogP contribution in [0, 0.1) is 6.92 Å². The van der Waals surface area contributed by atoms with E-state index < -0.39 is 0 Å². The van der Waals surface area contributed by atoms with E-state index in [4.69, 9.17) is 0 Å². The standard InChI is InChI=1S/C13H11N3O/c1-9-7-8-14-12-11(13(17)15-16(9)12)10-5-3-2-4-6-10/h2-8H,1H3,(H,15,17). The second kappa shape index (κ2) is 3.59. The van der Waals surface area contributed by atoms with Gasteiger partial charge < -0.3 is 0 Å². The van der Waals surface area contributed by atoms with E-state index in [0.29, 0.717) is 11.2 Å². The molecule has 0 saturated heterocycles. The molecule has 0 spiro atoms. The summed E-state index contributed by atoms with van der Waals surface area (Å²) < 4.78 is 1.71. The maximum Gasteiger partial charge on any atom is 0.274 e. The molecule has 0 fully saturated rings. The monoisotopic (exact) mass is 225 g/mol. The van der Waals surface area contributed by atoms with Crippen molar-refractivity contribution < 1.29 is 0 Å². The number of rotatable bonds is 1. The molecule has 1 aromatic carbocycles. The summed E-state index contributed by atoms with van der Waals surface area (Å²) in [5, 5.41) is 2.79. The molecule has 17 heavy (non-hydrogen) atoms. The summed E-state index contributed by atoms with van der Waals surface area (Å²) in [5.41, 5.74) is 3.01. The Labute approximate surface area is 97.5 Å². The molecule has 0 atom stereocenters. The van der Waals surface area contributed by atoms with Gasteiger partial charge in [0.05, 0.1) is 5.56 Å². The Morgan fingerprint density at radius 1 is 1.18 bits per heavy atom. The Bertz CT molecular complexity index is 725. The molecular formula is C13H11N3O. The van der Waals surface area contributed by atoms with E-state index in [0.717, 1.165) is 11.3 Å². The number of aryl methyl sites for hydroxylation is 1. The molecule has 3 rings (SSSR count). The average molecular weight is 225 g/mol. The quantitative estimate of drug-likeness (QED) is 0.688. The van der Waals surface area contributed by atoms with Crippen molar-refractivity contribution in [3.8, 4) is 11.1 Å². The molecule has 0 aliphatic rings. The molecule has 0 aliphatic heterocycles. The van der Waals surface area contributed by atoms with Crippen LogP contribution in [0.3, 0.4) is 0 Å². The summed E-state index contributed by atoms with van der Waals surface area (Å²) >= 11 is 0. The number of benzene rings is 1. The summed E-state index contributed by atoms with van der Waals surface area (Å²) in [6, 6.07) is 11.4. The molecule has 2 aromatic heterocycles. The maximum atomic E-state index is 12.0. The van der Waals surface area contributed by atoms with Crippen LogP contribution in [0.4, 0.5) is 0 Å². The fourth-order valence-corrected chi connectivity index (χ4v) is 1.96. The number of nitrogens with one attached hydrogen (secondary N) is 1. The van der Waals surface area contributed by atoms with E-state index in [1.807, 2.05) is 43.3 Å². The van der Waals surface area contributed by atoms with Gasteiger partial charge in [0, 0.05) is 11.9 Å². The van der Waals surface area contributed by atoms with Crippen molar-refractivity contribution in [1.82, 2.24) is 14.6 Å². The smallest absolute Gasteiger partial charge is 0.267 e. The van der Waals surface area contributed by atoms with Crippen LogP contribution in [0.15, 0.2) is 47.4 Å². The first kappa shape index (κ1) is 9.84. The summed E-state index contributed by atoms with van der Waals surface area (Å²) in [6.45, 7) is 1.93. The van der Waals surface area contributed by atoms with Gasteiger partial charge in [0.25, 0.3) is 5.56 Å². The van der Waals surface area contributed by atoms with E-state index in [1.165, 1.54) is 0 Å². The Morgan fingerprint density at radius 3 is 2.71 bits per heavy atom. The first-order chi connectivity index (χ1) is 8.27. The molecule has 0 saturated carbocycles. The van der Waals surface area contributed by atoms with Gasteiger partial charge in [0.2, 0.25) is 0 Å². The topological polar surface area (TPSA) is 50.2 Å². The first-order valence-electron chi connectivity index (χ1n) is 5.39. The van der Waals surface area contributed by atoms with Crippen LogP contribution >= 0.6 is 0 Å². The van der Waals surface area contributed by atoms with E-state index >= 15 is 0 Å². The third-order valence-corrected chi connectivity index (χ3v) is 2.80. The molecule has 0 unspecified atom stereocenters. The van der Waals surface area contributed by atoms with Crippen LogP contribution in [0.2, 0.25) is 0 Å². The molecular weight excluding hydrogens is 214 g/mol. The van der Waals surface area contributed by atoms with Gasteiger partial charge in [-0.1, -0.05) is 30.3 Å². The van der Waals surface area contributed by atoms with Gasteiger partial charge in [-0.15, -0.1) is 0 Å². The van der Waals surface area contributed by atoms with Crippen molar-refractivity contribution in [2.75, 3.05) is 0 Å². The molecule has 2 heterocycles. The minimum atomic E-state index is -0.113. The van der Waals surface area contributed by atoms with Crippen molar-refractivity contribution in [2.45, 2.75) is 6.92 Å². The second-order valence-electron chi connectivity index (χ2n) is 3.93. The Hall–Kier alpha value is -2.36. The Kier molecular flexibility index (Phi) is 2.08. The van der Waals surface area contributed by atoms with Crippen LogP contribution in [0.25, 0.3) is 16.8 Å². The highest BCUT2D eigenvalue weighted by Gasteiger charge is 2.12. The van der Waals surface area contributed by atoms with Crippen molar-refractivity contribution in [2.24, 2.45) is 0 Å². The van der Waals surface area contributed by atoms with Gasteiger partial charge in [-0.2, -0.15) is 0 Å². The summed E-state index contributed by atoms with van der Waals surface area (Å²) in [5.74, 6) is 0. The largest absolute Gasteiger partial charge is 0.274 e. The Morgan fingerprint density at radius 2 is 1.94 bits per heavy atom. The van der Waals surface area contributed by atoms with Gasteiger partial charge >= 0.3 is 0 Å². The van der Waals surface area contributed by atoms with Crippen molar-refractivity contribution in [3.05, 3.63) is 58.6 Å². The summed E-state index contributed by atoms with van der Waals surface area (Å²) in [4.78, 5) is 16.2. The number of aromatic amines is 1. The third kappa shape index (κ3) is 1.45. The lowest BCUT2D eigenvalue weighted by atomic mass is 10.1.